The average Bonchev–Trinajstić information content (AvgIpc) is 2.89. The van der Waals surface area contributed by atoms with E-state index in [1.54, 1.807) is 0 Å². The summed E-state index contributed by atoms with van der Waals surface area (Å²) in [6.45, 7) is 2.67. The lowest BCUT2D eigenvalue weighted by atomic mass is 10.0. The van der Waals surface area contributed by atoms with Crippen LogP contribution in [0.1, 0.15) is 11.3 Å². The Morgan fingerprint density at radius 3 is 2.67 bits per heavy atom. The molecule has 108 valence electrons. The Balaban J connectivity index is 2.12. The van der Waals surface area contributed by atoms with Crippen molar-refractivity contribution in [2.24, 2.45) is 4.99 Å². The number of aromatic nitrogens is 2. The van der Waals surface area contributed by atoms with Crippen LogP contribution in [0.3, 0.4) is 0 Å². The molecule has 21 heavy (non-hydrogen) atoms. The van der Waals surface area contributed by atoms with Crippen LogP contribution < -0.4 is 0 Å². The lowest BCUT2D eigenvalue weighted by molar-refractivity contribution is 0.0999. The van der Waals surface area contributed by atoms with Gasteiger partial charge in [0.1, 0.15) is 12.4 Å². The molecule has 0 saturated carbocycles. The van der Waals surface area contributed by atoms with Gasteiger partial charge < -0.3 is 0 Å². The van der Waals surface area contributed by atoms with Gasteiger partial charge in [-0.05, 0) is 13.0 Å². The molecule has 5 nitrogen and oxygen atoms in total. The van der Waals surface area contributed by atoms with Gasteiger partial charge in [0.05, 0.1) is 5.70 Å². The lowest BCUT2D eigenvalue weighted by Gasteiger charge is -2.33. The molecule has 0 spiro atoms. The number of benzene rings is 1. The molecule has 1 aliphatic heterocycles. The van der Waals surface area contributed by atoms with E-state index in [4.69, 9.17) is 0 Å². The smallest absolute Gasteiger partial charge is 0.125 e. The number of nitrogens with zero attached hydrogens (tertiary/aromatic N) is 4. The highest BCUT2D eigenvalue weighted by atomic mass is 15.6. The molecule has 1 aromatic heterocycles. The summed E-state index contributed by atoms with van der Waals surface area (Å²) in [4.78, 5) is 4.32. The van der Waals surface area contributed by atoms with E-state index >= 15 is 0 Å². The van der Waals surface area contributed by atoms with Gasteiger partial charge in [-0.3, -0.25) is 15.1 Å². The van der Waals surface area contributed by atoms with Crippen molar-refractivity contribution in [3.8, 4) is 11.3 Å². The molecule has 2 aromatic rings. The molecule has 1 N–H and O–H groups in total. The zero-order valence-electron chi connectivity index (χ0n) is 12.5. The van der Waals surface area contributed by atoms with Crippen LogP contribution in [0.4, 0.5) is 0 Å². The first kappa shape index (κ1) is 13.6. The normalized spacial score (nSPS) is 14.7. The van der Waals surface area contributed by atoms with E-state index in [9.17, 15) is 0 Å². The number of H-pyrrole nitrogens is 1. The molecule has 0 atom stereocenters. The minimum atomic E-state index is 0.623. The van der Waals surface area contributed by atoms with Crippen molar-refractivity contribution in [1.82, 2.24) is 20.2 Å². The van der Waals surface area contributed by atoms with Gasteiger partial charge in [0, 0.05) is 37.1 Å². The fraction of sp³-hybridized carbons (Fsp3) is 0.250. The van der Waals surface area contributed by atoms with Crippen molar-refractivity contribution in [3.63, 3.8) is 0 Å². The second-order valence-electron chi connectivity index (χ2n) is 5.21. The van der Waals surface area contributed by atoms with Crippen molar-refractivity contribution >= 4 is 11.9 Å². The minimum absolute atomic E-state index is 0.623. The highest BCUT2D eigenvalue weighted by Gasteiger charge is 2.23. The van der Waals surface area contributed by atoms with Crippen LogP contribution in [0.15, 0.2) is 41.4 Å². The van der Waals surface area contributed by atoms with Gasteiger partial charge in [-0.15, -0.1) is 0 Å². The summed E-state index contributed by atoms with van der Waals surface area (Å²) in [6, 6.07) is 10.2. The van der Waals surface area contributed by atoms with Gasteiger partial charge in [-0.2, -0.15) is 5.10 Å². The molecule has 0 bridgehead atoms. The summed E-state index contributed by atoms with van der Waals surface area (Å²) >= 11 is 0. The maximum Gasteiger partial charge on any atom is 0.125 e. The van der Waals surface area contributed by atoms with Crippen LogP contribution in [0, 0.1) is 6.92 Å². The number of hydrogen-bond acceptors (Lipinski definition) is 4. The molecule has 1 aliphatic rings. The fourth-order valence-corrected chi connectivity index (χ4v) is 2.51. The largest absolute Gasteiger partial charge is 0.284 e. The van der Waals surface area contributed by atoms with Crippen LogP contribution in [0.25, 0.3) is 17.0 Å². The van der Waals surface area contributed by atoms with E-state index in [0.717, 1.165) is 28.2 Å². The van der Waals surface area contributed by atoms with Gasteiger partial charge in [-0.25, -0.2) is 5.01 Å². The van der Waals surface area contributed by atoms with E-state index in [0.29, 0.717) is 6.67 Å². The molecule has 0 aliphatic carbocycles. The van der Waals surface area contributed by atoms with Crippen LogP contribution in [-0.4, -0.2) is 47.2 Å². The van der Waals surface area contributed by atoms with E-state index in [2.05, 4.69) is 39.3 Å². The number of aromatic amines is 1. The maximum absolute atomic E-state index is 4.50. The topological polar surface area (TPSA) is 47.5 Å². The molecule has 1 aromatic carbocycles. The van der Waals surface area contributed by atoms with Crippen molar-refractivity contribution in [1.29, 1.82) is 0 Å². The number of hydrazine groups is 1. The predicted octanol–water partition coefficient (Wildman–Crippen LogP) is 2.55. The van der Waals surface area contributed by atoms with Crippen molar-refractivity contribution in [3.05, 3.63) is 47.7 Å². The molecule has 2 heterocycles. The second kappa shape index (κ2) is 5.54. The third kappa shape index (κ3) is 2.48. The third-order valence-electron chi connectivity index (χ3n) is 3.56. The number of aliphatic imine (C=N–C) groups is 1. The summed E-state index contributed by atoms with van der Waals surface area (Å²) in [7, 11) is 4.04. The second-order valence-corrected chi connectivity index (χ2v) is 5.21. The number of hydrogen-bond donors (Lipinski definition) is 1. The third-order valence-corrected chi connectivity index (χ3v) is 3.56. The Labute approximate surface area is 124 Å². The summed E-state index contributed by atoms with van der Waals surface area (Å²) in [5.41, 5.74) is 5.38. The molecular formula is C16H19N5. The highest BCUT2D eigenvalue weighted by Crippen LogP contribution is 2.32. The summed E-state index contributed by atoms with van der Waals surface area (Å²) in [5, 5.41) is 11.8. The molecular weight excluding hydrogens is 262 g/mol. The first-order valence-corrected chi connectivity index (χ1v) is 6.94. The van der Waals surface area contributed by atoms with Crippen molar-refractivity contribution in [2.45, 2.75) is 6.92 Å². The Hall–Kier alpha value is -2.40. The summed E-state index contributed by atoms with van der Waals surface area (Å²) < 4.78 is 0. The average molecular weight is 281 g/mol. The maximum atomic E-state index is 4.50. The van der Waals surface area contributed by atoms with Crippen molar-refractivity contribution < 1.29 is 0 Å². The Morgan fingerprint density at radius 1 is 1.19 bits per heavy atom. The molecule has 0 amide bonds. The quantitative estimate of drug-likeness (QED) is 0.940. The monoisotopic (exact) mass is 281 g/mol. The molecule has 0 saturated heterocycles. The highest BCUT2D eigenvalue weighted by molar-refractivity contribution is 5.89. The summed E-state index contributed by atoms with van der Waals surface area (Å²) in [5.74, 6) is 0. The first-order valence-electron chi connectivity index (χ1n) is 6.94. The number of allylic oxidation sites excluding steroid dienone is 1. The fourth-order valence-electron chi connectivity index (χ4n) is 2.51. The van der Waals surface area contributed by atoms with Gasteiger partial charge in [0.15, 0.2) is 0 Å². The zero-order valence-corrected chi connectivity index (χ0v) is 12.5. The number of aryl methyl sites for hydroxylation is 1. The SMILES string of the molecule is Cc1[nH]nc(-c2ccccc2)c1C1=CC=NCN1N(C)C. The van der Waals surface area contributed by atoms with Gasteiger partial charge in [-0.1, -0.05) is 30.3 Å². The molecule has 3 rings (SSSR count). The van der Waals surface area contributed by atoms with Gasteiger partial charge in [0.25, 0.3) is 0 Å². The van der Waals surface area contributed by atoms with Crippen LogP contribution in [0.5, 0.6) is 0 Å². The molecule has 0 radical (unpaired) electrons. The standard InChI is InChI=1S/C16H19N5/c1-12-15(14-9-10-17-11-21(14)20(2)3)16(19-18-12)13-7-5-4-6-8-13/h4-10H,11H2,1-3H3,(H,18,19). The van der Waals surface area contributed by atoms with Crippen molar-refractivity contribution in [2.75, 3.05) is 20.8 Å². The zero-order chi connectivity index (χ0) is 14.8. The van der Waals surface area contributed by atoms with Gasteiger partial charge >= 0.3 is 0 Å². The number of nitrogens with one attached hydrogen (secondary N) is 1. The van der Waals surface area contributed by atoms with Gasteiger partial charge in [0.2, 0.25) is 0 Å². The summed E-state index contributed by atoms with van der Waals surface area (Å²) in [6.07, 6.45) is 3.89. The van der Waals surface area contributed by atoms with Crippen LogP contribution in [-0.2, 0) is 0 Å². The van der Waals surface area contributed by atoms with Crippen LogP contribution in [0.2, 0.25) is 0 Å². The molecule has 5 heteroatoms. The molecule has 0 unspecified atom stereocenters. The van der Waals surface area contributed by atoms with E-state index in [1.807, 2.05) is 49.6 Å². The lowest BCUT2D eigenvalue weighted by Crippen LogP contribution is -2.37. The first-order chi connectivity index (χ1) is 10.2. The van der Waals surface area contributed by atoms with E-state index < -0.39 is 0 Å². The molecule has 0 fully saturated rings. The van der Waals surface area contributed by atoms with E-state index in [-0.39, 0.29) is 0 Å². The Kier molecular flexibility index (Phi) is 3.58. The minimum Gasteiger partial charge on any atom is -0.284 e. The Bertz CT molecular complexity index is 682. The van der Waals surface area contributed by atoms with E-state index in [1.165, 1.54) is 0 Å². The Morgan fingerprint density at radius 2 is 1.95 bits per heavy atom. The van der Waals surface area contributed by atoms with Crippen LogP contribution >= 0.6 is 0 Å². The predicted molar refractivity (Wildman–Crippen MR) is 85.6 cm³/mol. The number of rotatable bonds is 3.